The molecule has 2 N–H and O–H groups in total. The lowest BCUT2D eigenvalue weighted by Crippen LogP contribution is -2.23. The van der Waals surface area contributed by atoms with Crippen molar-refractivity contribution >= 4 is 62.3 Å². The van der Waals surface area contributed by atoms with Crippen molar-refractivity contribution in [1.82, 2.24) is 4.57 Å². The van der Waals surface area contributed by atoms with Gasteiger partial charge in [-0.1, -0.05) is 17.7 Å². The van der Waals surface area contributed by atoms with Gasteiger partial charge < -0.3 is 19.9 Å². The average Bonchev–Trinajstić information content (AvgIpc) is 3.26. The molecule has 0 saturated carbocycles. The number of hydrogen-bond donors (Lipinski definition) is 2. The van der Waals surface area contributed by atoms with E-state index in [9.17, 15) is 14.4 Å². The second-order valence-electron chi connectivity index (χ2n) is 8.13. The topological polar surface area (TPSA) is 89.4 Å². The summed E-state index contributed by atoms with van der Waals surface area (Å²) < 4.78 is 6.97. The molecule has 7 nitrogen and oxygen atoms in total. The fourth-order valence-corrected chi connectivity index (χ4v) is 5.95. The van der Waals surface area contributed by atoms with Gasteiger partial charge in [-0.3, -0.25) is 9.59 Å². The Bertz CT molecular complexity index is 1260. The maximum atomic E-state index is 13.0. The monoisotopic (exact) mass is 487 g/mol. The van der Waals surface area contributed by atoms with Gasteiger partial charge in [0.2, 0.25) is 11.8 Å². The average molecular weight is 488 g/mol. The fourth-order valence-electron chi connectivity index (χ4n) is 4.27. The van der Waals surface area contributed by atoms with E-state index in [1.807, 2.05) is 13.0 Å². The number of ether oxygens (including phenoxy) is 1. The predicted octanol–water partition coefficient (Wildman–Crippen LogP) is 5.32. The van der Waals surface area contributed by atoms with E-state index in [-0.39, 0.29) is 30.7 Å². The first-order valence-electron chi connectivity index (χ1n) is 11.0. The number of carbonyl (C=O) groups is 3. The Morgan fingerprint density at radius 3 is 2.64 bits per heavy atom. The molecule has 2 heterocycles. The standard InChI is InChI=1S/C24H26ClN3O4S/c1-4-32-24(31)22-21(26-14(3)29)20-15-7-5-6-8-18(15)33-23(20)28(22)12-19(30)27-17-10-9-13(2)11-16(17)25/h9-11H,4-8,12H2,1-3H3,(H,26,29)(H,27,30). The molecule has 1 aliphatic rings. The van der Waals surface area contributed by atoms with E-state index < -0.39 is 5.97 Å². The van der Waals surface area contributed by atoms with E-state index in [0.29, 0.717) is 16.4 Å². The number of rotatable bonds is 6. The van der Waals surface area contributed by atoms with Gasteiger partial charge in [0, 0.05) is 17.2 Å². The minimum Gasteiger partial charge on any atom is -0.461 e. The Balaban J connectivity index is 1.81. The second kappa shape index (κ2) is 9.57. The molecule has 0 bridgehead atoms. The first kappa shape index (κ1) is 23.3. The van der Waals surface area contributed by atoms with Crippen molar-refractivity contribution in [3.05, 3.63) is 44.9 Å². The first-order valence-corrected chi connectivity index (χ1v) is 12.2. The molecule has 0 atom stereocenters. The van der Waals surface area contributed by atoms with Crippen molar-refractivity contribution in [2.24, 2.45) is 0 Å². The van der Waals surface area contributed by atoms with Crippen molar-refractivity contribution in [3.8, 4) is 0 Å². The Labute approximate surface area is 201 Å². The minimum absolute atomic E-state index is 0.117. The quantitative estimate of drug-likeness (QED) is 0.460. The number of nitrogens with one attached hydrogen (secondary N) is 2. The number of hydrogen-bond acceptors (Lipinski definition) is 5. The normalized spacial score (nSPS) is 13.0. The smallest absolute Gasteiger partial charge is 0.357 e. The number of fused-ring (bicyclic) bond motifs is 3. The van der Waals surface area contributed by atoms with Crippen LogP contribution in [0.15, 0.2) is 18.2 Å². The number of nitrogens with zero attached hydrogens (tertiary/aromatic N) is 1. The van der Waals surface area contributed by atoms with E-state index in [1.54, 1.807) is 35.0 Å². The summed E-state index contributed by atoms with van der Waals surface area (Å²) in [7, 11) is 0. The summed E-state index contributed by atoms with van der Waals surface area (Å²) in [6, 6.07) is 5.39. The Hall–Kier alpha value is -2.84. The number of carbonyl (C=O) groups excluding carboxylic acids is 3. The molecule has 0 radical (unpaired) electrons. The van der Waals surface area contributed by atoms with Crippen LogP contribution >= 0.6 is 22.9 Å². The molecule has 0 spiro atoms. The van der Waals surface area contributed by atoms with Gasteiger partial charge in [-0.05, 0) is 62.8 Å². The van der Waals surface area contributed by atoms with Crippen molar-refractivity contribution in [2.45, 2.75) is 53.0 Å². The van der Waals surface area contributed by atoms with Gasteiger partial charge in [0.15, 0.2) is 5.69 Å². The van der Waals surface area contributed by atoms with Crippen molar-refractivity contribution < 1.29 is 19.1 Å². The van der Waals surface area contributed by atoms with Crippen molar-refractivity contribution in [1.29, 1.82) is 0 Å². The molecule has 0 aliphatic heterocycles. The minimum atomic E-state index is -0.574. The lowest BCUT2D eigenvalue weighted by molar-refractivity contribution is -0.116. The highest BCUT2D eigenvalue weighted by Crippen LogP contribution is 2.44. The van der Waals surface area contributed by atoms with Crippen LogP contribution in [0.2, 0.25) is 5.02 Å². The zero-order chi connectivity index (χ0) is 23.7. The van der Waals surface area contributed by atoms with E-state index in [2.05, 4.69) is 10.6 Å². The zero-order valence-electron chi connectivity index (χ0n) is 18.8. The van der Waals surface area contributed by atoms with Crippen LogP contribution in [0.5, 0.6) is 0 Å². The summed E-state index contributed by atoms with van der Waals surface area (Å²) in [5.74, 6) is -1.19. The molecule has 2 aromatic heterocycles. The molecule has 1 aromatic carbocycles. The summed E-state index contributed by atoms with van der Waals surface area (Å²) in [5.41, 5.74) is 3.25. The Morgan fingerprint density at radius 2 is 1.94 bits per heavy atom. The van der Waals surface area contributed by atoms with Gasteiger partial charge in [-0.2, -0.15) is 0 Å². The van der Waals surface area contributed by atoms with Crippen LogP contribution in [0.1, 0.15) is 53.2 Å². The number of aromatic nitrogens is 1. The number of amides is 2. The molecule has 1 aliphatic carbocycles. The first-order chi connectivity index (χ1) is 15.8. The molecule has 174 valence electrons. The third-order valence-electron chi connectivity index (χ3n) is 5.62. The van der Waals surface area contributed by atoms with Gasteiger partial charge in [-0.15, -0.1) is 11.3 Å². The van der Waals surface area contributed by atoms with E-state index in [4.69, 9.17) is 16.3 Å². The largest absolute Gasteiger partial charge is 0.461 e. The highest BCUT2D eigenvalue weighted by Gasteiger charge is 2.31. The second-order valence-corrected chi connectivity index (χ2v) is 9.62. The lowest BCUT2D eigenvalue weighted by atomic mass is 9.96. The maximum Gasteiger partial charge on any atom is 0.357 e. The maximum absolute atomic E-state index is 13.0. The van der Waals surface area contributed by atoms with Crippen LogP contribution in [0, 0.1) is 6.92 Å². The van der Waals surface area contributed by atoms with Gasteiger partial charge in [0.05, 0.1) is 23.0 Å². The van der Waals surface area contributed by atoms with Gasteiger partial charge in [0.25, 0.3) is 0 Å². The fraction of sp³-hybridized carbons (Fsp3) is 0.375. The number of halogens is 1. The van der Waals surface area contributed by atoms with Gasteiger partial charge >= 0.3 is 5.97 Å². The van der Waals surface area contributed by atoms with Gasteiger partial charge in [0.1, 0.15) is 11.4 Å². The SMILES string of the molecule is CCOC(=O)c1c(NC(C)=O)c2c3c(sc2n1CC(=O)Nc1ccc(C)cc1Cl)CCCC3. The number of benzene rings is 1. The van der Waals surface area contributed by atoms with Crippen LogP contribution in [0.4, 0.5) is 11.4 Å². The number of esters is 1. The molecule has 9 heteroatoms. The summed E-state index contributed by atoms with van der Waals surface area (Å²) in [6.45, 7) is 5.11. The molecule has 0 saturated heterocycles. The lowest BCUT2D eigenvalue weighted by Gasteiger charge is -2.14. The molecule has 0 fully saturated rings. The van der Waals surface area contributed by atoms with Crippen molar-refractivity contribution in [2.75, 3.05) is 17.2 Å². The van der Waals surface area contributed by atoms with Gasteiger partial charge in [-0.25, -0.2) is 4.79 Å². The summed E-state index contributed by atoms with van der Waals surface area (Å²) in [5, 5.41) is 6.96. The van der Waals surface area contributed by atoms with Crippen LogP contribution < -0.4 is 10.6 Å². The van der Waals surface area contributed by atoms with E-state index in [0.717, 1.165) is 47.0 Å². The third-order valence-corrected chi connectivity index (χ3v) is 7.25. The summed E-state index contributed by atoms with van der Waals surface area (Å²) in [4.78, 5) is 40.1. The molecule has 2 amide bonds. The van der Waals surface area contributed by atoms with Crippen LogP contribution in [0.25, 0.3) is 10.2 Å². The molecule has 33 heavy (non-hydrogen) atoms. The number of aryl methyl sites for hydroxylation is 3. The number of thiophene rings is 1. The molecule has 4 rings (SSSR count). The third kappa shape index (κ3) is 4.63. The van der Waals surface area contributed by atoms with E-state index >= 15 is 0 Å². The zero-order valence-corrected chi connectivity index (χ0v) is 20.4. The summed E-state index contributed by atoms with van der Waals surface area (Å²) in [6.07, 6.45) is 3.97. The van der Waals surface area contributed by atoms with Crippen LogP contribution in [-0.2, 0) is 33.7 Å². The molecular formula is C24H26ClN3O4S. The van der Waals surface area contributed by atoms with Crippen molar-refractivity contribution in [3.63, 3.8) is 0 Å². The molecular weight excluding hydrogens is 462 g/mol. The van der Waals surface area contributed by atoms with Crippen LogP contribution in [-0.4, -0.2) is 29.0 Å². The highest BCUT2D eigenvalue weighted by atomic mass is 35.5. The molecule has 3 aromatic rings. The predicted molar refractivity (Wildman–Crippen MR) is 132 cm³/mol. The number of anilines is 2. The van der Waals surface area contributed by atoms with Crippen LogP contribution in [0.3, 0.4) is 0 Å². The molecule has 0 unspecified atom stereocenters. The summed E-state index contributed by atoms with van der Waals surface area (Å²) >= 11 is 7.86. The highest BCUT2D eigenvalue weighted by molar-refractivity contribution is 7.19. The van der Waals surface area contributed by atoms with E-state index in [1.165, 1.54) is 11.8 Å². The Kier molecular flexibility index (Phi) is 6.76. The Morgan fingerprint density at radius 1 is 1.18 bits per heavy atom.